The van der Waals surface area contributed by atoms with Crippen LogP contribution in [0.2, 0.25) is 10.0 Å². The topological polar surface area (TPSA) is 98.5 Å². The first-order chi connectivity index (χ1) is 12.3. The molecule has 0 saturated carbocycles. The molecule has 2 aromatic rings. The number of benzene rings is 2. The number of rotatable bonds is 6. The summed E-state index contributed by atoms with van der Waals surface area (Å²) in [6.07, 6.45) is -0.112. The monoisotopic (exact) mass is 396 g/mol. The van der Waals surface area contributed by atoms with Gasteiger partial charge < -0.3 is 10.1 Å². The molecule has 0 atom stereocenters. The van der Waals surface area contributed by atoms with Crippen molar-refractivity contribution in [3.8, 4) is 0 Å². The minimum absolute atomic E-state index is 0.112. The highest BCUT2D eigenvalue weighted by molar-refractivity contribution is 6.35. The number of halogens is 2. The molecule has 2 aromatic carbocycles. The van der Waals surface area contributed by atoms with Crippen LogP contribution in [0.15, 0.2) is 36.4 Å². The number of hydrogen-bond acceptors (Lipinski definition) is 5. The molecule has 0 spiro atoms. The largest absolute Gasteiger partial charge is 0.455 e. The fraction of sp³-hybridized carbons (Fsp3) is 0.176. The Morgan fingerprint density at radius 3 is 2.58 bits per heavy atom. The highest BCUT2D eigenvalue weighted by Crippen LogP contribution is 2.22. The van der Waals surface area contributed by atoms with Crippen LogP contribution < -0.4 is 5.32 Å². The summed E-state index contributed by atoms with van der Waals surface area (Å²) in [7, 11) is 0. The van der Waals surface area contributed by atoms with Crippen LogP contribution in [-0.4, -0.2) is 23.4 Å². The Labute approximate surface area is 159 Å². The van der Waals surface area contributed by atoms with E-state index in [1.165, 1.54) is 24.3 Å². The van der Waals surface area contributed by atoms with Crippen LogP contribution in [0.4, 0.5) is 11.4 Å². The number of non-ortho nitro benzene ring substituents is 1. The van der Waals surface area contributed by atoms with Crippen LogP contribution in [0.5, 0.6) is 0 Å². The average molecular weight is 397 g/mol. The second-order valence-electron chi connectivity index (χ2n) is 5.38. The molecule has 9 heteroatoms. The molecular formula is C17H14Cl2N2O5. The van der Waals surface area contributed by atoms with Gasteiger partial charge in [-0.2, -0.15) is 0 Å². The number of ether oxygens (including phenoxy) is 1. The zero-order valence-corrected chi connectivity index (χ0v) is 15.1. The van der Waals surface area contributed by atoms with Crippen molar-refractivity contribution in [3.05, 3.63) is 67.7 Å². The summed E-state index contributed by atoms with van der Waals surface area (Å²) in [5.74, 6) is -1.25. The number of carbonyl (C=O) groups is 2. The quantitative estimate of drug-likeness (QED) is 0.452. The number of amides is 1. The minimum atomic E-state index is -0.639. The fourth-order valence-corrected chi connectivity index (χ4v) is 2.54. The van der Waals surface area contributed by atoms with Crippen LogP contribution >= 0.6 is 23.2 Å². The van der Waals surface area contributed by atoms with Crippen molar-refractivity contribution in [2.45, 2.75) is 13.3 Å². The molecule has 1 amide bonds. The van der Waals surface area contributed by atoms with Gasteiger partial charge in [0.05, 0.1) is 17.0 Å². The Hall–Kier alpha value is -2.64. The van der Waals surface area contributed by atoms with Crippen molar-refractivity contribution in [2.24, 2.45) is 0 Å². The lowest BCUT2D eigenvalue weighted by Gasteiger charge is -2.09. The number of aryl methyl sites for hydroxylation is 1. The maximum Gasteiger partial charge on any atom is 0.310 e. The summed E-state index contributed by atoms with van der Waals surface area (Å²) in [5, 5.41) is 14.0. The van der Waals surface area contributed by atoms with Gasteiger partial charge in [-0.1, -0.05) is 35.3 Å². The Morgan fingerprint density at radius 1 is 1.19 bits per heavy atom. The van der Waals surface area contributed by atoms with Gasteiger partial charge in [0.15, 0.2) is 6.61 Å². The lowest BCUT2D eigenvalue weighted by molar-refractivity contribution is -0.384. The summed E-state index contributed by atoms with van der Waals surface area (Å²) in [4.78, 5) is 34.0. The summed E-state index contributed by atoms with van der Waals surface area (Å²) in [6, 6.07) is 8.78. The first-order valence-corrected chi connectivity index (χ1v) is 8.16. The number of esters is 1. The van der Waals surface area contributed by atoms with Crippen molar-refractivity contribution < 1.29 is 19.2 Å². The standard InChI is InChI=1S/C17H14Cl2N2O5/c1-10-2-5-13(21(24)25)8-15(10)20-16(22)9-26-17(23)6-11-3-4-12(18)7-14(11)19/h2-5,7-8H,6,9H2,1H3,(H,20,22). The van der Waals surface area contributed by atoms with E-state index in [1.54, 1.807) is 19.1 Å². The van der Waals surface area contributed by atoms with Crippen LogP contribution in [-0.2, 0) is 20.7 Å². The average Bonchev–Trinajstić information content (AvgIpc) is 2.57. The van der Waals surface area contributed by atoms with Gasteiger partial charge >= 0.3 is 5.97 Å². The smallest absolute Gasteiger partial charge is 0.310 e. The number of nitrogens with one attached hydrogen (secondary N) is 1. The molecule has 0 bridgehead atoms. The van der Waals surface area contributed by atoms with E-state index in [1.807, 2.05) is 0 Å². The zero-order valence-electron chi connectivity index (χ0n) is 13.6. The predicted molar refractivity (Wildman–Crippen MR) is 97.6 cm³/mol. The van der Waals surface area contributed by atoms with E-state index in [-0.39, 0.29) is 17.8 Å². The van der Waals surface area contributed by atoms with E-state index >= 15 is 0 Å². The molecule has 0 heterocycles. The maximum atomic E-state index is 11.9. The molecule has 0 fully saturated rings. The van der Waals surface area contributed by atoms with Crippen molar-refractivity contribution >= 4 is 46.5 Å². The molecule has 0 aromatic heterocycles. The summed E-state index contributed by atoms with van der Waals surface area (Å²) in [6.45, 7) is 1.17. The first-order valence-electron chi connectivity index (χ1n) is 7.40. The third-order valence-electron chi connectivity index (χ3n) is 3.42. The molecule has 0 aliphatic carbocycles. The Morgan fingerprint density at radius 2 is 1.92 bits per heavy atom. The number of carbonyl (C=O) groups excluding carboxylic acids is 2. The number of nitro benzene ring substituents is 1. The SMILES string of the molecule is Cc1ccc([N+](=O)[O-])cc1NC(=O)COC(=O)Cc1ccc(Cl)cc1Cl. The van der Waals surface area contributed by atoms with Gasteiger partial charge in [-0.05, 0) is 30.2 Å². The molecule has 0 aliphatic rings. The number of nitro groups is 1. The Kier molecular flexibility index (Phi) is 6.54. The third-order valence-corrected chi connectivity index (χ3v) is 4.01. The van der Waals surface area contributed by atoms with Crippen molar-refractivity contribution in [1.82, 2.24) is 0 Å². The van der Waals surface area contributed by atoms with Crippen LogP contribution in [0.3, 0.4) is 0 Å². The molecule has 0 unspecified atom stereocenters. The molecule has 1 N–H and O–H groups in total. The normalized spacial score (nSPS) is 10.3. The van der Waals surface area contributed by atoms with Crippen LogP contribution in [0.1, 0.15) is 11.1 Å². The lowest BCUT2D eigenvalue weighted by atomic mass is 10.1. The molecule has 0 saturated heterocycles. The fourth-order valence-electron chi connectivity index (χ4n) is 2.06. The highest BCUT2D eigenvalue weighted by Gasteiger charge is 2.14. The summed E-state index contributed by atoms with van der Waals surface area (Å²) in [5.41, 5.74) is 1.29. The Bertz CT molecular complexity index is 870. The first kappa shape index (κ1) is 19.7. The Balaban J connectivity index is 1.91. The van der Waals surface area contributed by atoms with Crippen molar-refractivity contribution in [2.75, 3.05) is 11.9 Å². The second-order valence-corrected chi connectivity index (χ2v) is 6.22. The molecule has 7 nitrogen and oxygen atoms in total. The van der Waals surface area contributed by atoms with Crippen LogP contribution in [0, 0.1) is 17.0 Å². The van der Waals surface area contributed by atoms with E-state index < -0.39 is 23.4 Å². The van der Waals surface area contributed by atoms with Crippen molar-refractivity contribution in [1.29, 1.82) is 0 Å². The van der Waals surface area contributed by atoms with E-state index in [2.05, 4.69) is 5.32 Å². The van der Waals surface area contributed by atoms with Gasteiger partial charge in [0.25, 0.3) is 11.6 Å². The van der Waals surface area contributed by atoms with Crippen molar-refractivity contribution in [3.63, 3.8) is 0 Å². The number of anilines is 1. The lowest BCUT2D eigenvalue weighted by Crippen LogP contribution is -2.22. The molecule has 0 aliphatic heterocycles. The number of nitrogens with zero attached hydrogens (tertiary/aromatic N) is 1. The second kappa shape index (κ2) is 8.64. The highest BCUT2D eigenvalue weighted by atomic mass is 35.5. The zero-order chi connectivity index (χ0) is 19.3. The summed E-state index contributed by atoms with van der Waals surface area (Å²) < 4.78 is 4.91. The van der Waals surface area contributed by atoms with Crippen LogP contribution in [0.25, 0.3) is 0 Å². The van der Waals surface area contributed by atoms with E-state index in [0.29, 0.717) is 21.2 Å². The molecule has 136 valence electrons. The van der Waals surface area contributed by atoms with E-state index in [0.717, 1.165) is 0 Å². The molecular weight excluding hydrogens is 383 g/mol. The van der Waals surface area contributed by atoms with Gasteiger partial charge in [0.1, 0.15) is 0 Å². The maximum absolute atomic E-state index is 11.9. The minimum Gasteiger partial charge on any atom is -0.455 e. The predicted octanol–water partition coefficient (Wildman–Crippen LogP) is 3.93. The van der Waals surface area contributed by atoms with Gasteiger partial charge in [-0.25, -0.2) is 0 Å². The van der Waals surface area contributed by atoms with E-state index in [9.17, 15) is 19.7 Å². The van der Waals surface area contributed by atoms with Gasteiger partial charge in [0.2, 0.25) is 0 Å². The summed E-state index contributed by atoms with van der Waals surface area (Å²) >= 11 is 11.8. The van der Waals surface area contributed by atoms with E-state index in [4.69, 9.17) is 27.9 Å². The molecule has 26 heavy (non-hydrogen) atoms. The molecule has 0 radical (unpaired) electrons. The van der Waals surface area contributed by atoms with Gasteiger partial charge in [-0.3, -0.25) is 19.7 Å². The van der Waals surface area contributed by atoms with Gasteiger partial charge in [0, 0.05) is 22.2 Å². The molecule has 2 rings (SSSR count). The number of hydrogen-bond donors (Lipinski definition) is 1. The van der Waals surface area contributed by atoms with Gasteiger partial charge in [-0.15, -0.1) is 0 Å². The third kappa shape index (κ3) is 5.44.